The summed E-state index contributed by atoms with van der Waals surface area (Å²) in [6, 6.07) is -0.735. The average molecular weight is 1020 g/mol. The van der Waals surface area contributed by atoms with Crippen LogP contribution in [0.15, 0.2) is 48.6 Å². The maximum absolute atomic E-state index is 13.1. The molecule has 0 aromatic carbocycles. The Hall–Kier alpha value is -1.85. The van der Waals surface area contributed by atoms with Gasteiger partial charge in [0.1, 0.15) is 24.4 Å². The Morgan fingerprint density at radius 2 is 0.861 bits per heavy atom. The molecule has 1 heterocycles. The Kier molecular flexibility index (Phi) is 49.8. The van der Waals surface area contributed by atoms with Gasteiger partial charge in [-0.1, -0.05) is 281 Å². The summed E-state index contributed by atoms with van der Waals surface area (Å²) >= 11 is 0. The second-order valence-electron chi connectivity index (χ2n) is 21.5. The van der Waals surface area contributed by atoms with Crippen LogP contribution in [0.5, 0.6) is 0 Å². The van der Waals surface area contributed by atoms with Gasteiger partial charge in [0, 0.05) is 6.42 Å². The summed E-state index contributed by atoms with van der Waals surface area (Å²) in [6.45, 7) is 3.74. The van der Waals surface area contributed by atoms with E-state index in [1.165, 1.54) is 186 Å². The smallest absolute Gasteiger partial charge is 0.220 e. The molecular formula is C63H117NO8. The number of ether oxygens (including phenoxy) is 2. The number of allylic oxidation sites excluding steroid dienone is 8. The highest BCUT2D eigenvalue weighted by Crippen LogP contribution is 2.23. The van der Waals surface area contributed by atoms with Crippen LogP contribution in [0.1, 0.15) is 290 Å². The van der Waals surface area contributed by atoms with Gasteiger partial charge in [-0.25, -0.2) is 0 Å². The Bertz CT molecular complexity index is 1270. The maximum atomic E-state index is 13.1. The normalized spacial score (nSPS) is 19.5. The zero-order chi connectivity index (χ0) is 52.2. The molecule has 0 saturated carbocycles. The van der Waals surface area contributed by atoms with Crippen LogP contribution in [0.25, 0.3) is 0 Å². The van der Waals surface area contributed by atoms with Crippen molar-refractivity contribution in [3.05, 3.63) is 48.6 Å². The number of aliphatic hydroxyl groups is 5. The average Bonchev–Trinajstić information content (AvgIpc) is 3.38. The minimum Gasteiger partial charge on any atom is -0.394 e. The SMILES string of the molecule is CC/C=C\C/C=C\C/C=C\C/C=C\CCCCCCC(=O)NC(COC1OC(CO)C(O)C(O)C1O)C(O)CCCCCCCCCCCCCCCCCCCCCCCCCCCCCCCCCC. The summed E-state index contributed by atoms with van der Waals surface area (Å²) in [4.78, 5) is 13.1. The molecule has 0 radical (unpaired) electrons. The van der Waals surface area contributed by atoms with E-state index >= 15 is 0 Å². The minimum atomic E-state index is -1.56. The van der Waals surface area contributed by atoms with Crippen LogP contribution in [0.3, 0.4) is 0 Å². The second-order valence-corrected chi connectivity index (χ2v) is 21.5. The predicted octanol–water partition coefficient (Wildman–Crippen LogP) is 15.7. The molecule has 0 aliphatic carbocycles. The van der Waals surface area contributed by atoms with Gasteiger partial charge in [0.15, 0.2) is 6.29 Å². The van der Waals surface area contributed by atoms with Gasteiger partial charge in [-0.05, 0) is 51.4 Å². The number of nitrogens with one attached hydrogen (secondary N) is 1. The third-order valence-electron chi connectivity index (χ3n) is 14.7. The number of hydrogen-bond donors (Lipinski definition) is 6. The fourth-order valence-corrected chi connectivity index (χ4v) is 9.86. The summed E-state index contributed by atoms with van der Waals surface area (Å²) in [5.41, 5.74) is 0. The first-order valence-corrected chi connectivity index (χ1v) is 30.8. The van der Waals surface area contributed by atoms with Crippen molar-refractivity contribution >= 4 is 5.91 Å². The quantitative estimate of drug-likeness (QED) is 0.0261. The fourth-order valence-electron chi connectivity index (χ4n) is 9.86. The second kappa shape index (κ2) is 52.6. The number of unbranched alkanes of at least 4 members (excludes halogenated alkanes) is 35. The van der Waals surface area contributed by atoms with Crippen LogP contribution >= 0.6 is 0 Å². The van der Waals surface area contributed by atoms with E-state index in [0.717, 1.165) is 77.0 Å². The largest absolute Gasteiger partial charge is 0.394 e. The van der Waals surface area contributed by atoms with Crippen LogP contribution in [-0.4, -0.2) is 87.5 Å². The molecule has 9 nitrogen and oxygen atoms in total. The number of carbonyl (C=O) groups is 1. The predicted molar refractivity (Wildman–Crippen MR) is 304 cm³/mol. The van der Waals surface area contributed by atoms with Crippen LogP contribution in [0.2, 0.25) is 0 Å². The van der Waals surface area contributed by atoms with Crippen LogP contribution in [-0.2, 0) is 14.3 Å². The number of rotatable bonds is 53. The summed E-state index contributed by atoms with van der Waals surface area (Å²) in [6.07, 6.45) is 63.1. The zero-order valence-electron chi connectivity index (χ0n) is 46.9. The van der Waals surface area contributed by atoms with Crippen LogP contribution in [0, 0.1) is 0 Å². The van der Waals surface area contributed by atoms with Crippen molar-refractivity contribution < 1.29 is 39.8 Å². The molecule has 1 rings (SSSR count). The molecule has 1 saturated heterocycles. The highest BCUT2D eigenvalue weighted by atomic mass is 16.7. The molecule has 1 aliphatic heterocycles. The van der Waals surface area contributed by atoms with Crippen molar-refractivity contribution in [3.8, 4) is 0 Å². The third-order valence-corrected chi connectivity index (χ3v) is 14.7. The Morgan fingerprint density at radius 1 is 0.486 bits per heavy atom. The Balaban J connectivity index is 2.13. The van der Waals surface area contributed by atoms with E-state index < -0.39 is 49.5 Å². The molecular weight excluding hydrogens is 899 g/mol. The number of aliphatic hydroxyl groups excluding tert-OH is 5. The summed E-state index contributed by atoms with van der Waals surface area (Å²) in [7, 11) is 0. The Labute approximate surface area is 444 Å². The van der Waals surface area contributed by atoms with Gasteiger partial charge in [-0.2, -0.15) is 0 Å². The van der Waals surface area contributed by atoms with E-state index in [4.69, 9.17) is 9.47 Å². The Morgan fingerprint density at radius 3 is 1.28 bits per heavy atom. The molecule has 422 valence electrons. The zero-order valence-corrected chi connectivity index (χ0v) is 46.9. The van der Waals surface area contributed by atoms with Crippen molar-refractivity contribution in [2.24, 2.45) is 0 Å². The number of carbonyl (C=O) groups excluding carboxylic acids is 1. The molecule has 6 N–H and O–H groups in total. The number of hydrogen-bond acceptors (Lipinski definition) is 8. The van der Waals surface area contributed by atoms with Crippen LogP contribution < -0.4 is 5.32 Å². The van der Waals surface area contributed by atoms with E-state index in [9.17, 15) is 30.3 Å². The first-order valence-electron chi connectivity index (χ1n) is 30.8. The van der Waals surface area contributed by atoms with Crippen molar-refractivity contribution in [2.75, 3.05) is 13.2 Å². The van der Waals surface area contributed by atoms with Gasteiger partial charge in [-0.15, -0.1) is 0 Å². The van der Waals surface area contributed by atoms with Gasteiger partial charge in [0.05, 0.1) is 25.4 Å². The molecule has 72 heavy (non-hydrogen) atoms. The van der Waals surface area contributed by atoms with Gasteiger partial charge < -0.3 is 40.3 Å². The summed E-state index contributed by atoms with van der Waals surface area (Å²) in [5, 5.41) is 54.7. The lowest BCUT2D eigenvalue weighted by Crippen LogP contribution is -2.60. The van der Waals surface area contributed by atoms with Crippen molar-refractivity contribution in [1.82, 2.24) is 5.32 Å². The number of amides is 1. The first-order chi connectivity index (χ1) is 35.3. The molecule has 0 spiro atoms. The van der Waals surface area contributed by atoms with Crippen LogP contribution in [0.4, 0.5) is 0 Å². The van der Waals surface area contributed by atoms with E-state index in [1.54, 1.807) is 0 Å². The topological polar surface area (TPSA) is 149 Å². The molecule has 0 aromatic rings. The molecule has 0 aromatic heterocycles. The lowest BCUT2D eigenvalue weighted by Gasteiger charge is -2.40. The molecule has 9 heteroatoms. The monoisotopic (exact) mass is 1020 g/mol. The fraction of sp³-hybridized carbons (Fsp3) is 0.857. The van der Waals surface area contributed by atoms with Gasteiger partial charge in [-0.3, -0.25) is 4.79 Å². The highest BCUT2D eigenvalue weighted by molar-refractivity contribution is 5.76. The van der Waals surface area contributed by atoms with E-state index in [-0.39, 0.29) is 12.5 Å². The van der Waals surface area contributed by atoms with Crippen molar-refractivity contribution in [2.45, 2.75) is 333 Å². The minimum absolute atomic E-state index is 0.149. The molecule has 1 fully saturated rings. The first kappa shape index (κ1) is 68.2. The summed E-state index contributed by atoms with van der Waals surface area (Å²) < 4.78 is 11.3. The molecule has 0 bridgehead atoms. The lowest BCUT2D eigenvalue weighted by atomic mass is 9.99. The maximum Gasteiger partial charge on any atom is 0.220 e. The molecule has 1 aliphatic rings. The molecule has 7 atom stereocenters. The molecule has 1 amide bonds. The van der Waals surface area contributed by atoms with Gasteiger partial charge in [0.25, 0.3) is 0 Å². The highest BCUT2D eigenvalue weighted by Gasteiger charge is 2.44. The van der Waals surface area contributed by atoms with Gasteiger partial charge >= 0.3 is 0 Å². The standard InChI is InChI=1S/C63H117NO8/c1-3-5-7-9-11-13-15-17-19-21-22-23-24-25-26-27-28-29-30-31-32-33-34-35-37-38-40-42-44-46-48-50-52-57(66)56(55-71-63-62(70)61(69)60(68)58(54-65)72-63)64-59(67)53-51-49-47-45-43-41-39-36-20-18-16-14-12-10-8-6-4-2/h6,8,12,14,18,20,39,41,56-58,60-63,65-66,68-70H,3-5,7,9-11,13,15-17,19,21-38,40,42-55H2,1-2H3,(H,64,67)/b8-6-,14-12-,20-18-,41-39-. The van der Waals surface area contributed by atoms with Gasteiger partial charge in [0.2, 0.25) is 5.91 Å². The lowest BCUT2D eigenvalue weighted by molar-refractivity contribution is -0.302. The van der Waals surface area contributed by atoms with Crippen molar-refractivity contribution in [1.29, 1.82) is 0 Å². The van der Waals surface area contributed by atoms with E-state index in [0.29, 0.717) is 12.8 Å². The third kappa shape index (κ3) is 41.4. The molecule has 7 unspecified atom stereocenters. The summed E-state index contributed by atoms with van der Waals surface area (Å²) in [5.74, 6) is -0.165. The van der Waals surface area contributed by atoms with E-state index in [1.807, 2.05) is 0 Å². The van der Waals surface area contributed by atoms with E-state index in [2.05, 4.69) is 67.8 Å². The van der Waals surface area contributed by atoms with Crippen molar-refractivity contribution in [3.63, 3.8) is 0 Å².